The predicted octanol–water partition coefficient (Wildman–Crippen LogP) is 5.28. The largest absolute Gasteiger partial charge is 0.348 e. The Hall–Kier alpha value is -2.29. The number of imidazole rings is 1. The highest BCUT2D eigenvalue weighted by atomic mass is 15.3. The van der Waals surface area contributed by atoms with E-state index in [-0.39, 0.29) is 16.5 Å². The van der Waals surface area contributed by atoms with Crippen LogP contribution < -0.4 is 5.32 Å². The van der Waals surface area contributed by atoms with E-state index in [1.165, 1.54) is 27.8 Å². The van der Waals surface area contributed by atoms with Crippen LogP contribution in [-0.2, 0) is 11.0 Å². The van der Waals surface area contributed by atoms with Crippen molar-refractivity contribution in [2.75, 3.05) is 5.32 Å². The van der Waals surface area contributed by atoms with Gasteiger partial charge in [0.15, 0.2) is 0 Å². The fourth-order valence-corrected chi connectivity index (χ4v) is 4.63. The molecule has 2 aliphatic rings. The first-order chi connectivity index (χ1) is 11.6. The number of nitrogens with zero attached hydrogens (tertiary/aromatic N) is 2. The maximum atomic E-state index is 4.93. The summed E-state index contributed by atoms with van der Waals surface area (Å²) >= 11 is 0. The van der Waals surface area contributed by atoms with Gasteiger partial charge in [0.1, 0.15) is 0 Å². The van der Waals surface area contributed by atoms with E-state index in [0.717, 1.165) is 11.5 Å². The zero-order valence-electron chi connectivity index (χ0n) is 15.9. The topological polar surface area (TPSA) is 29.9 Å². The van der Waals surface area contributed by atoms with E-state index in [1.807, 2.05) is 0 Å². The molecule has 1 aromatic heterocycles. The third-order valence-corrected chi connectivity index (χ3v) is 6.87. The van der Waals surface area contributed by atoms with Crippen molar-refractivity contribution >= 4 is 17.0 Å². The van der Waals surface area contributed by atoms with Gasteiger partial charge in [-0.2, -0.15) is 0 Å². The third kappa shape index (κ3) is 1.60. The van der Waals surface area contributed by atoms with Crippen LogP contribution >= 0.6 is 0 Å². The SMILES string of the molecule is CC1(C)c2ccccc2-c2cc3nc4n(c3cc21)C(C)(C)C(C)(C)N4. The molecule has 0 atom stereocenters. The molecule has 128 valence electrons. The quantitative estimate of drug-likeness (QED) is 0.607. The summed E-state index contributed by atoms with van der Waals surface area (Å²) in [5.74, 6) is 0.986. The van der Waals surface area contributed by atoms with Gasteiger partial charge in [0.25, 0.3) is 0 Å². The standard InChI is InChI=1S/C22H25N3/c1-20(2)15-10-8-7-9-13(15)14-11-17-18(12-16(14)20)25-19(23-17)24-21(3,4)22(25,5)6/h7-12H,1-6H3,(H,23,24). The minimum atomic E-state index is -0.0408. The smallest absolute Gasteiger partial charge is 0.204 e. The van der Waals surface area contributed by atoms with Crippen molar-refractivity contribution < 1.29 is 0 Å². The maximum Gasteiger partial charge on any atom is 0.204 e. The van der Waals surface area contributed by atoms with E-state index in [1.54, 1.807) is 0 Å². The van der Waals surface area contributed by atoms with Crippen LogP contribution in [0.25, 0.3) is 22.2 Å². The van der Waals surface area contributed by atoms with Crippen molar-refractivity contribution in [2.24, 2.45) is 0 Å². The summed E-state index contributed by atoms with van der Waals surface area (Å²) < 4.78 is 2.39. The van der Waals surface area contributed by atoms with Crippen molar-refractivity contribution in [3.05, 3.63) is 47.5 Å². The molecule has 3 nitrogen and oxygen atoms in total. The van der Waals surface area contributed by atoms with Gasteiger partial charge in [0.05, 0.1) is 22.1 Å². The molecule has 2 heterocycles. The molecule has 0 saturated carbocycles. The van der Waals surface area contributed by atoms with E-state index in [2.05, 4.69) is 87.8 Å². The van der Waals surface area contributed by atoms with Gasteiger partial charge in [-0.15, -0.1) is 0 Å². The summed E-state index contributed by atoms with van der Waals surface area (Å²) in [6, 6.07) is 13.4. The van der Waals surface area contributed by atoms with Crippen LogP contribution in [0.4, 0.5) is 5.95 Å². The highest BCUT2D eigenvalue weighted by Gasteiger charge is 2.47. The molecule has 1 aliphatic heterocycles. The lowest BCUT2D eigenvalue weighted by Crippen LogP contribution is -2.46. The lowest BCUT2D eigenvalue weighted by molar-refractivity contribution is 0.270. The molecule has 3 aromatic rings. The van der Waals surface area contributed by atoms with Crippen LogP contribution in [0.1, 0.15) is 52.7 Å². The first kappa shape index (κ1) is 15.0. The highest BCUT2D eigenvalue weighted by molar-refractivity contribution is 5.92. The molecule has 1 N–H and O–H groups in total. The minimum Gasteiger partial charge on any atom is -0.348 e. The van der Waals surface area contributed by atoms with E-state index < -0.39 is 0 Å². The first-order valence-electron chi connectivity index (χ1n) is 9.10. The fourth-order valence-electron chi connectivity index (χ4n) is 4.63. The molecule has 0 fully saturated rings. The molecule has 0 amide bonds. The molecule has 1 aliphatic carbocycles. The molecule has 0 saturated heterocycles. The third-order valence-electron chi connectivity index (χ3n) is 6.87. The summed E-state index contributed by atoms with van der Waals surface area (Å²) in [4.78, 5) is 4.93. The molecular weight excluding hydrogens is 306 g/mol. The van der Waals surface area contributed by atoms with Gasteiger partial charge >= 0.3 is 0 Å². The van der Waals surface area contributed by atoms with Crippen molar-refractivity contribution in [3.63, 3.8) is 0 Å². The number of rotatable bonds is 0. The summed E-state index contributed by atoms with van der Waals surface area (Å²) in [5.41, 5.74) is 7.78. The van der Waals surface area contributed by atoms with Crippen molar-refractivity contribution in [3.8, 4) is 11.1 Å². The Morgan fingerprint density at radius 3 is 2.36 bits per heavy atom. The Morgan fingerprint density at radius 2 is 1.60 bits per heavy atom. The van der Waals surface area contributed by atoms with Crippen LogP contribution in [0.3, 0.4) is 0 Å². The Bertz CT molecular complexity index is 1050. The fraction of sp³-hybridized carbons (Fsp3) is 0.409. The molecular formula is C22H25N3. The Morgan fingerprint density at radius 1 is 0.880 bits per heavy atom. The predicted molar refractivity (Wildman–Crippen MR) is 104 cm³/mol. The molecule has 3 heteroatoms. The van der Waals surface area contributed by atoms with Crippen molar-refractivity contribution in [1.29, 1.82) is 0 Å². The number of anilines is 1. The van der Waals surface area contributed by atoms with Crippen LogP contribution in [0.2, 0.25) is 0 Å². The van der Waals surface area contributed by atoms with Gasteiger partial charge in [-0.05, 0) is 62.1 Å². The Labute approximate surface area is 149 Å². The normalized spacial score (nSPS) is 20.9. The average Bonchev–Trinajstić information content (AvgIpc) is 3.05. The number of benzene rings is 2. The summed E-state index contributed by atoms with van der Waals surface area (Å²) in [6.07, 6.45) is 0. The van der Waals surface area contributed by atoms with Gasteiger partial charge in [-0.3, -0.25) is 0 Å². The van der Waals surface area contributed by atoms with E-state index in [0.29, 0.717) is 0 Å². The molecule has 0 radical (unpaired) electrons. The number of aromatic nitrogens is 2. The minimum absolute atomic E-state index is 0.0243. The number of hydrogen-bond donors (Lipinski definition) is 1. The van der Waals surface area contributed by atoms with E-state index in [9.17, 15) is 0 Å². The second-order valence-electron chi connectivity index (χ2n) is 9.14. The molecule has 0 bridgehead atoms. The van der Waals surface area contributed by atoms with Gasteiger partial charge in [0, 0.05) is 5.41 Å². The molecule has 2 aromatic carbocycles. The van der Waals surface area contributed by atoms with Crippen LogP contribution in [0, 0.1) is 0 Å². The van der Waals surface area contributed by atoms with Gasteiger partial charge in [0.2, 0.25) is 5.95 Å². The number of hydrogen-bond acceptors (Lipinski definition) is 2. The number of fused-ring (bicyclic) bond motifs is 6. The van der Waals surface area contributed by atoms with E-state index in [4.69, 9.17) is 4.98 Å². The van der Waals surface area contributed by atoms with E-state index >= 15 is 0 Å². The zero-order valence-corrected chi connectivity index (χ0v) is 15.9. The lowest BCUT2D eigenvalue weighted by atomic mass is 9.82. The molecule has 25 heavy (non-hydrogen) atoms. The Kier molecular flexibility index (Phi) is 2.45. The first-order valence-corrected chi connectivity index (χ1v) is 9.10. The monoisotopic (exact) mass is 331 g/mol. The van der Waals surface area contributed by atoms with Gasteiger partial charge in [-0.25, -0.2) is 4.98 Å². The van der Waals surface area contributed by atoms with Crippen LogP contribution in [-0.4, -0.2) is 15.1 Å². The van der Waals surface area contributed by atoms with Crippen molar-refractivity contribution in [1.82, 2.24) is 9.55 Å². The second-order valence-corrected chi connectivity index (χ2v) is 9.14. The highest BCUT2D eigenvalue weighted by Crippen LogP contribution is 2.51. The maximum absolute atomic E-state index is 4.93. The zero-order chi connectivity index (χ0) is 17.8. The summed E-state index contributed by atoms with van der Waals surface area (Å²) in [6.45, 7) is 13.8. The van der Waals surface area contributed by atoms with Crippen molar-refractivity contribution in [2.45, 2.75) is 58.0 Å². The lowest BCUT2D eigenvalue weighted by Gasteiger charge is -2.36. The summed E-state index contributed by atoms with van der Waals surface area (Å²) in [5, 5.41) is 3.62. The molecule has 5 rings (SSSR count). The summed E-state index contributed by atoms with van der Waals surface area (Å²) in [7, 11) is 0. The second kappa shape index (κ2) is 4.09. The van der Waals surface area contributed by atoms with Gasteiger partial charge < -0.3 is 9.88 Å². The molecule has 0 unspecified atom stereocenters. The molecule has 0 spiro atoms. The van der Waals surface area contributed by atoms with Gasteiger partial charge in [-0.1, -0.05) is 38.1 Å². The van der Waals surface area contributed by atoms with Crippen LogP contribution in [0.5, 0.6) is 0 Å². The Balaban J connectivity index is 1.85. The van der Waals surface area contributed by atoms with Crippen LogP contribution in [0.15, 0.2) is 36.4 Å². The average molecular weight is 331 g/mol. The number of nitrogens with one attached hydrogen (secondary N) is 1.